The zero-order valence-electron chi connectivity index (χ0n) is 12.5. The molecule has 2 rings (SSSR count). The molecular weight excluding hydrogens is 270 g/mol. The van der Waals surface area contributed by atoms with Gasteiger partial charge in [0.25, 0.3) is 0 Å². The molecule has 1 aromatic rings. The second-order valence-electron chi connectivity index (χ2n) is 5.62. The maximum Gasteiger partial charge on any atom is 0.408 e. The summed E-state index contributed by atoms with van der Waals surface area (Å²) in [6.07, 6.45) is 0.107. The third-order valence-corrected chi connectivity index (χ3v) is 3.51. The SMILES string of the molecule is CCC(C)(C)OC(=O)N[C@H]1CNc2ccccc2NC1=O. The molecule has 3 N–H and O–H groups in total. The maximum absolute atomic E-state index is 12.1. The highest BCUT2D eigenvalue weighted by molar-refractivity contribution is 6.00. The molecule has 0 saturated heterocycles. The first-order chi connectivity index (χ1) is 9.91. The number of nitrogens with one attached hydrogen (secondary N) is 3. The van der Waals surface area contributed by atoms with Crippen LogP contribution in [0.1, 0.15) is 27.2 Å². The lowest BCUT2D eigenvalue weighted by Gasteiger charge is -2.25. The second-order valence-corrected chi connectivity index (χ2v) is 5.62. The van der Waals surface area contributed by atoms with Crippen LogP contribution < -0.4 is 16.0 Å². The van der Waals surface area contributed by atoms with Crippen LogP contribution in [-0.4, -0.2) is 30.2 Å². The van der Waals surface area contributed by atoms with Crippen LogP contribution in [-0.2, 0) is 9.53 Å². The van der Waals surface area contributed by atoms with Crippen LogP contribution in [0.25, 0.3) is 0 Å². The lowest BCUT2D eigenvalue weighted by molar-refractivity contribution is -0.117. The summed E-state index contributed by atoms with van der Waals surface area (Å²) in [4.78, 5) is 24.0. The molecule has 0 spiro atoms. The summed E-state index contributed by atoms with van der Waals surface area (Å²) in [6.45, 7) is 5.90. The van der Waals surface area contributed by atoms with Crippen molar-refractivity contribution in [3.63, 3.8) is 0 Å². The molecule has 1 heterocycles. The van der Waals surface area contributed by atoms with Crippen LogP contribution in [0.4, 0.5) is 16.2 Å². The standard InChI is InChI=1S/C15H21N3O3/c1-4-15(2,3)21-14(20)18-12-9-16-10-7-5-6-8-11(10)17-13(12)19/h5-8,12,16H,4,9H2,1-3H3,(H,17,19)(H,18,20)/t12-/m0/s1. The van der Waals surface area contributed by atoms with E-state index >= 15 is 0 Å². The number of alkyl carbamates (subject to hydrolysis) is 1. The number of hydrogen-bond donors (Lipinski definition) is 3. The molecule has 1 atom stereocenters. The smallest absolute Gasteiger partial charge is 0.408 e. The van der Waals surface area contributed by atoms with Gasteiger partial charge in [0.1, 0.15) is 11.6 Å². The van der Waals surface area contributed by atoms with Crippen LogP contribution in [0.2, 0.25) is 0 Å². The summed E-state index contributed by atoms with van der Waals surface area (Å²) in [5.41, 5.74) is 0.980. The highest BCUT2D eigenvalue weighted by Crippen LogP contribution is 2.23. The minimum atomic E-state index is -0.683. The Hall–Kier alpha value is -2.24. The predicted molar refractivity (Wildman–Crippen MR) is 81.3 cm³/mol. The minimum Gasteiger partial charge on any atom is -0.444 e. The van der Waals surface area contributed by atoms with Crippen LogP contribution in [0.3, 0.4) is 0 Å². The quantitative estimate of drug-likeness (QED) is 0.798. The van der Waals surface area contributed by atoms with E-state index in [1.54, 1.807) is 6.07 Å². The van der Waals surface area contributed by atoms with Gasteiger partial charge in [0.2, 0.25) is 5.91 Å². The zero-order chi connectivity index (χ0) is 15.5. The summed E-state index contributed by atoms with van der Waals surface area (Å²) in [5.74, 6) is -0.265. The largest absolute Gasteiger partial charge is 0.444 e. The molecule has 0 aromatic heterocycles. The maximum atomic E-state index is 12.1. The van der Waals surface area contributed by atoms with E-state index in [1.807, 2.05) is 39.0 Å². The summed E-state index contributed by atoms with van der Waals surface area (Å²) >= 11 is 0. The summed E-state index contributed by atoms with van der Waals surface area (Å²) in [6, 6.07) is 6.71. The average molecular weight is 291 g/mol. The van der Waals surface area contributed by atoms with Gasteiger partial charge in [-0.05, 0) is 32.4 Å². The molecule has 2 amide bonds. The van der Waals surface area contributed by atoms with E-state index in [0.717, 1.165) is 5.69 Å². The second kappa shape index (κ2) is 6.03. The van der Waals surface area contributed by atoms with Gasteiger partial charge >= 0.3 is 6.09 Å². The van der Waals surface area contributed by atoms with Gasteiger partial charge in [0.15, 0.2) is 0 Å². The Balaban J connectivity index is 2.00. The van der Waals surface area contributed by atoms with Crippen molar-refractivity contribution in [3.05, 3.63) is 24.3 Å². The average Bonchev–Trinajstić information content (AvgIpc) is 2.58. The number of carbonyl (C=O) groups excluding carboxylic acids is 2. The Morgan fingerprint density at radius 2 is 2.05 bits per heavy atom. The monoisotopic (exact) mass is 291 g/mol. The van der Waals surface area contributed by atoms with Gasteiger partial charge in [-0.15, -0.1) is 0 Å². The van der Waals surface area contributed by atoms with Gasteiger partial charge in [-0.25, -0.2) is 4.79 Å². The molecule has 1 aromatic carbocycles. The fraction of sp³-hybridized carbons (Fsp3) is 0.467. The Kier molecular flexibility index (Phi) is 4.35. The molecule has 1 aliphatic heterocycles. The third-order valence-electron chi connectivity index (χ3n) is 3.51. The fourth-order valence-corrected chi connectivity index (χ4v) is 1.88. The number of anilines is 2. The number of carbonyl (C=O) groups is 2. The topological polar surface area (TPSA) is 79.5 Å². The molecule has 1 aliphatic rings. The molecule has 0 radical (unpaired) electrons. The Bertz CT molecular complexity index is 543. The van der Waals surface area contributed by atoms with Crippen molar-refractivity contribution in [2.45, 2.75) is 38.8 Å². The van der Waals surface area contributed by atoms with E-state index < -0.39 is 17.7 Å². The zero-order valence-corrected chi connectivity index (χ0v) is 12.5. The molecule has 0 aliphatic carbocycles. The van der Waals surface area contributed by atoms with Crippen LogP contribution in [0, 0.1) is 0 Å². The van der Waals surface area contributed by atoms with Crippen molar-refractivity contribution in [2.24, 2.45) is 0 Å². The number of fused-ring (bicyclic) bond motifs is 1. The molecule has 21 heavy (non-hydrogen) atoms. The Labute approximate surface area is 124 Å². The van der Waals surface area contributed by atoms with E-state index in [9.17, 15) is 9.59 Å². The van der Waals surface area contributed by atoms with Crippen LogP contribution in [0.5, 0.6) is 0 Å². The highest BCUT2D eigenvalue weighted by Gasteiger charge is 2.27. The van der Waals surface area contributed by atoms with E-state index in [1.165, 1.54) is 0 Å². The van der Waals surface area contributed by atoms with E-state index in [0.29, 0.717) is 18.7 Å². The molecule has 0 unspecified atom stereocenters. The molecule has 0 fully saturated rings. The van der Waals surface area contributed by atoms with Gasteiger partial charge in [-0.2, -0.15) is 0 Å². The van der Waals surface area contributed by atoms with E-state index in [-0.39, 0.29) is 5.91 Å². The van der Waals surface area contributed by atoms with Gasteiger partial charge in [-0.3, -0.25) is 4.79 Å². The first-order valence-corrected chi connectivity index (χ1v) is 7.04. The van der Waals surface area contributed by atoms with Crippen LogP contribution in [0.15, 0.2) is 24.3 Å². The predicted octanol–water partition coefficient (Wildman–Crippen LogP) is 2.33. The molecular formula is C15H21N3O3. The van der Waals surface area contributed by atoms with Gasteiger partial charge in [0, 0.05) is 6.54 Å². The number of rotatable bonds is 3. The first-order valence-electron chi connectivity index (χ1n) is 7.04. The Morgan fingerprint density at radius 3 is 2.71 bits per heavy atom. The van der Waals surface area contributed by atoms with Crippen molar-refractivity contribution in [1.29, 1.82) is 0 Å². The number of hydrogen-bond acceptors (Lipinski definition) is 4. The van der Waals surface area contributed by atoms with Gasteiger partial charge in [0.05, 0.1) is 11.4 Å². The molecule has 0 saturated carbocycles. The Morgan fingerprint density at radius 1 is 1.38 bits per heavy atom. The lowest BCUT2D eigenvalue weighted by atomic mass is 10.1. The lowest BCUT2D eigenvalue weighted by Crippen LogP contribution is -2.48. The van der Waals surface area contributed by atoms with E-state index in [2.05, 4.69) is 16.0 Å². The summed E-state index contributed by atoms with van der Waals surface area (Å²) < 4.78 is 5.30. The third kappa shape index (κ3) is 3.87. The molecule has 114 valence electrons. The van der Waals surface area contributed by atoms with Crippen molar-refractivity contribution in [2.75, 3.05) is 17.2 Å². The first kappa shape index (κ1) is 15.2. The van der Waals surface area contributed by atoms with Crippen LogP contribution >= 0.6 is 0 Å². The minimum absolute atomic E-state index is 0.265. The van der Waals surface area contributed by atoms with Crippen molar-refractivity contribution in [1.82, 2.24) is 5.32 Å². The van der Waals surface area contributed by atoms with E-state index in [4.69, 9.17) is 4.74 Å². The number of ether oxygens (including phenoxy) is 1. The van der Waals surface area contributed by atoms with Crippen molar-refractivity contribution >= 4 is 23.4 Å². The van der Waals surface area contributed by atoms with Gasteiger partial charge in [-0.1, -0.05) is 19.1 Å². The normalized spacial score (nSPS) is 17.9. The number of para-hydroxylation sites is 2. The summed E-state index contributed by atoms with van der Waals surface area (Å²) in [7, 11) is 0. The van der Waals surface area contributed by atoms with Crippen molar-refractivity contribution < 1.29 is 14.3 Å². The van der Waals surface area contributed by atoms with Gasteiger partial charge < -0.3 is 20.7 Å². The van der Waals surface area contributed by atoms with Crippen molar-refractivity contribution in [3.8, 4) is 0 Å². The molecule has 6 nitrogen and oxygen atoms in total. The molecule has 6 heteroatoms. The molecule has 0 bridgehead atoms. The highest BCUT2D eigenvalue weighted by atomic mass is 16.6. The number of benzene rings is 1. The summed E-state index contributed by atoms with van der Waals surface area (Å²) in [5, 5.41) is 8.52. The number of amides is 2. The fourth-order valence-electron chi connectivity index (χ4n) is 1.88.